The first-order valence-corrected chi connectivity index (χ1v) is 5.49. The van der Waals surface area contributed by atoms with E-state index in [1.807, 2.05) is 6.26 Å². The summed E-state index contributed by atoms with van der Waals surface area (Å²) in [7, 11) is 0. The SMILES string of the molecule is NC1(C2=COCCC2)CCC(O)CC1. The Balaban J connectivity index is 2.04. The van der Waals surface area contributed by atoms with Crippen LogP contribution in [0.25, 0.3) is 0 Å². The molecule has 0 atom stereocenters. The van der Waals surface area contributed by atoms with E-state index < -0.39 is 0 Å². The topological polar surface area (TPSA) is 55.5 Å². The molecule has 1 aliphatic carbocycles. The van der Waals surface area contributed by atoms with Gasteiger partial charge in [-0.05, 0) is 44.1 Å². The predicted octanol–water partition coefficient (Wildman–Crippen LogP) is 1.31. The van der Waals surface area contributed by atoms with Crippen molar-refractivity contribution in [3.63, 3.8) is 0 Å². The van der Waals surface area contributed by atoms with Crippen LogP contribution in [0.3, 0.4) is 0 Å². The second kappa shape index (κ2) is 3.91. The van der Waals surface area contributed by atoms with Crippen molar-refractivity contribution >= 4 is 0 Å². The summed E-state index contributed by atoms with van der Waals surface area (Å²) < 4.78 is 5.32. The van der Waals surface area contributed by atoms with Crippen molar-refractivity contribution in [3.8, 4) is 0 Å². The lowest BCUT2D eigenvalue weighted by molar-refractivity contribution is 0.102. The van der Waals surface area contributed by atoms with Crippen molar-refractivity contribution in [2.24, 2.45) is 5.73 Å². The molecule has 1 saturated carbocycles. The number of hydrogen-bond acceptors (Lipinski definition) is 3. The Morgan fingerprint density at radius 3 is 2.71 bits per heavy atom. The monoisotopic (exact) mass is 197 g/mol. The summed E-state index contributed by atoms with van der Waals surface area (Å²) in [5.74, 6) is 0. The van der Waals surface area contributed by atoms with Gasteiger partial charge in [0.25, 0.3) is 0 Å². The largest absolute Gasteiger partial charge is 0.501 e. The van der Waals surface area contributed by atoms with E-state index in [0.29, 0.717) is 0 Å². The molecule has 0 unspecified atom stereocenters. The van der Waals surface area contributed by atoms with Gasteiger partial charge in [-0.2, -0.15) is 0 Å². The molecule has 3 N–H and O–H groups in total. The van der Waals surface area contributed by atoms with Crippen LogP contribution < -0.4 is 5.73 Å². The van der Waals surface area contributed by atoms with Crippen molar-refractivity contribution in [1.82, 2.24) is 0 Å². The van der Waals surface area contributed by atoms with E-state index in [2.05, 4.69) is 0 Å². The van der Waals surface area contributed by atoms with Gasteiger partial charge in [0.05, 0.1) is 19.0 Å². The summed E-state index contributed by atoms with van der Waals surface area (Å²) in [5, 5.41) is 9.43. The summed E-state index contributed by atoms with van der Waals surface area (Å²) in [5.41, 5.74) is 7.39. The highest BCUT2D eigenvalue weighted by Gasteiger charge is 2.34. The highest BCUT2D eigenvalue weighted by atomic mass is 16.5. The molecule has 0 saturated heterocycles. The van der Waals surface area contributed by atoms with Crippen LogP contribution in [0.5, 0.6) is 0 Å². The Morgan fingerprint density at radius 2 is 2.14 bits per heavy atom. The van der Waals surface area contributed by atoms with Gasteiger partial charge in [-0.1, -0.05) is 0 Å². The van der Waals surface area contributed by atoms with E-state index in [0.717, 1.165) is 45.1 Å². The molecular formula is C11H19NO2. The second-order valence-corrected chi connectivity index (χ2v) is 4.50. The number of nitrogens with two attached hydrogens (primary N) is 1. The first kappa shape index (κ1) is 9.99. The minimum absolute atomic E-state index is 0.142. The van der Waals surface area contributed by atoms with E-state index in [9.17, 15) is 5.11 Å². The van der Waals surface area contributed by atoms with Gasteiger partial charge in [-0.25, -0.2) is 0 Å². The number of rotatable bonds is 1. The second-order valence-electron chi connectivity index (χ2n) is 4.50. The van der Waals surface area contributed by atoms with Gasteiger partial charge >= 0.3 is 0 Å². The Bertz CT molecular complexity index is 229. The maximum atomic E-state index is 9.43. The molecule has 3 nitrogen and oxygen atoms in total. The Labute approximate surface area is 84.9 Å². The number of aliphatic hydroxyl groups is 1. The van der Waals surface area contributed by atoms with Crippen LogP contribution in [0.2, 0.25) is 0 Å². The zero-order chi connectivity index (χ0) is 10.0. The molecule has 1 heterocycles. The molecule has 2 aliphatic rings. The van der Waals surface area contributed by atoms with Crippen LogP contribution in [0.1, 0.15) is 38.5 Å². The van der Waals surface area contributed by atoms with Crippen molar-refractivity contribution in [2.45, 2.75) is 50.2 Å². The molecule has 0 spiro atoms. The lowest BCUT2D eigenvalue weighted by atomic mass is 9.75. The molecule has 0 aromatic carbocycles. The van der Waals surface area contributed by atoms with Crippen LogP contribution >= 0.6 is 0 Å². The molecule has 1 aliphatic heterocycles. The number of aliphatic hydroxyl groups excluding tert-OH is 1. The first-order chi connectivity index (χ1) is 6.71. The van der Waals surface area contributed by atoms with Crippen LogP contribution in [0.4, 0.5) is 0 Å². The predicted molar refractivity (Wildman–Crippen MR) is 54.7 cm³/mol. The zero-order valence-corrected chi connectivity index (χ0v) is 8.54. The third-order valence-corrected chi connectivity index (χ3v) is 3.42. The smallest absolute Gasteiger partial charge is 0.0876 e. The van der Waals surface area contributed by atoms with Crippen LogP contribution in [-0.4, -0.2) is 23.4 Å². The van der Waals surface area contributed by atoms with E-state index in [-0.39, 0.29) is 11.6 Å². The Hall–Kier alpha value is -0.540. The lowest BCUT2D eigenvalue weighted by Crippen LogP contribution is -2.46. The zero-order valence-electron chi connectivity index (χ0n) is 8.54. The molecule has 0 radical (unpaired) electrons. The fourth-order valence-corrected chi connectivity index (χ4v) is 2.37. The minimum atomic E-state index is -0.195. The third-order valence-electron chi connectivity index (χ3n) is 3.42. The average molecular weight is 197 g/mol. The van der Waals surface area contributed by atoms with Gasteiger partial charge in [-0.3, -0.25) is 0 Å². The van der Waals surface area contributed by atoms with Crippen molar-refractivity contribution < 1.29 is 9.84 Å². The average Bonchev–Trinajstić information content (AvgIpc) is 2.24. The molecule has 14 heavy (non-hydrogen) atoms. The Kier molecular flexibility index (Phi) is 2.79. The summed E-state index contributed by atoms with van der Waals surface area (Å²) in [6, 6.07) is 0. The van der Waals surface area contributed by atoms with Crippen LogP contribution in [-0.2, 0) is 4.74 Å². The molecule has 0 amide bonds. The molecule has 3 heteroatoms. The molecule has 0 bridgehead atoms. The van der Waals surface area contributed by atoms with Gasteiger partial charge < -0.3 is 15.6 Å². The highest BCUT2D eigenvalue weighted by molar-refractivity contribution is 5.20. The summed E-state index contributed by atoms with van der Waals surface area (Å²) >= 11 is 0. The highest BCUT2D eigenvalue weighted by Crippen LogP contribution is 2.35. The van der Waals surface area contributed by atoms with Gasteiger partial charge in [0.2, 0.25) is 0 Å². The van der Waals surface area contributed by atoms with Gasteiger partial charge in [0.15, 0.2) is 0 Å². The molecule has 1 fully saturated rings. The first-order valence-electron chi connectivity index (χ1n) is 5.49. The van der Waals surface area contributed by atoms with E-state index in [1.165, 1.54) is 5.57 Å². The Morgan fingerprint density at radius 1 is 1.43 bits per heavy atom. The molecule has 0 aromatic heterocycles. The van der Waals surface area contributed by atoms with Crippen molar-refractivity contribution in [2.75, 3.05) is 6.61 Å². The van der Waals surface area contributed by atoms with Crippen molar-refractivity contribution in [1.29, 1.82) is 0 Å². The van der Waals surface area contributed by atoms with Gasteiger partial charge in [-0.15, -0.1) is 0 Å². The van der Waals surface area contributed by atoms with Gasteiger partial charge in [0.1, 0.15) is 0 Å². The quantitative estimate of drug-likeness (QED) is 0.666. The molecule has 80 valence electrons. The fraction of sp³-hybridized carbons (Fsp3) is 0.818. The molecule has 2 rings (SSSR count). The van der Waals surface area contributed by atoms with E-state index in [4.69, 9.17) is 10.5 Å². The van der Waals surface area contributed by atoms with E-state index in [1.54, 1.807) is 0 Å². The number of hydrogen-bond donors (Lipinski definition) is 2. The van der Waals surface area contributed by atoms with Crippen LogP contribution in [0, 0.1) is 0 Å². The minimum Gasteiger partial charge on any atom is -0.501 e. The van der Waals surface area contributed by atoms with Crippen LogP contribution in [0.15, 0.2) is 11.8 Å². The fourth-order valence-electron chi connectivity index (χ4n) is 2.37. The molecule has 0 aromatic rings. The third kappa shape index (κ3) is 1.93. The number of ether oxygens (including phenoxy) is 1. The van der Waals surface area contributed by atoms with Crippen molar-refractivity contribution in [3.05, 3.63) is 11.8 Å². The lowest BCUT2D eigenvalue weighted by Gasteiger charge is -2.38. The molecular weight excluding hydrogens is 178 g/mol. The standard InChI is InChI=1S/C11H19NO2/c12-11(5-3-10(13)4-6-11)9-2-1-7-14-8-9/h8,10,13H,1-7,12H2. The summed E-state index contributed by atoms with van der Waals surface area (Å²) in [4.78, 5) is 0. The maximum Gasteiger partial charge on any atom is 0.0876 e. The summed E-state index contributed by atoms with van der Waals surface area (Å²) in [6.07, 6.45) is 7.28. The van der Waals surface area contributed by atoms with E-state index >= 15 is 0 Å². The summed E-state index contributed by atoms with van der Waals surface area (Å²) in [6.45, 7) is 0.822. The maximum absolute atomic E-state index is 9.43. The van der Waals surface area contributed by atoms with Gasteiger partial charge in [0, 0.05) is 5.54 Å². The normalized spacial score (nSPS) is 38.7.